The molecule has 0 unspecified atom stereocenters. The third-order valence-corrected chi connectivity index (χ3v) is 4.47. The number of nitrogens with zero attached hydrogens (tertiary/aromatic N) is 1. The van der Waals surface area contributed by atoms with E-state index in [0.717, 1.165) is 12.3 Å². The lowest BCUT2D eigenvalue weighted by Crippen LogP contribution is -2.41. The van der Waals surface area contributed by atoms with Crippen LogP contribution in [0, 0.1) is 11.6 Å². The molecule has 0 saturated carbocycles. The average molecular weight is 525 g/mol. The van der Waals surface area contributed by atoms with Crippen molar-refractivity contribution in [2.45, 2.75) is 18.7 Å². The highest BCUT2D eigenvalue weighted by Crippen LogP contribution is 2.36. The van der Waals surface area contributed by atoms with Crippen LogP contribution in [0.2, 0.25) is 5.02 Å². The Labute approximate surface area is 186 Å². The second kappa shape index (κ2) is 9.59. The maximum atomic E-state index is 14.2. The fraction of sp³-hybridized carbons (Fsp3) is 0.294. The summed E-state index contributed by atoms with van der Waals surface area (Å²) in [5, 5.41) is -0.509. The van der Waals surface area contributed by atoms with Crippen molar-refractivity contribution >= 4 is 27.5 Å². The summed E-state index contributed by atoms with van der Waals surface area (Å²) in [5.41, 5.74) is -1.30. The Hall–Kier alpha value is -2.81. The molecule has 1 N–H and O–H groups in total. The van der Waals surface area contributed by atoms with Gasteiger partial charge in [-0.3, -0.25) is 4.79 Å². The van der Waals surface area contributed by atoms with E-state index in [4.69, 9.17) is 16.3 Å². The minimum Gasteiger partial charge on any atom is -0.487 e. The Kier molecular flexibility index (Phi) is 7.68. The molecule has 2 aromatic rings. The second-order valence-electron chi connectivity index (χ2n) is 6.36. The number of benzene rings is 1. The molecule has 0 radical (unpaired) electrons. The Bertz CT molecular complexity index is 1160. The molecule has 7 nitrogen and oxygen atoms in total. The van der Waals surface area contributed by atoms with Crippen LogP contribution in [0.1, 0.15) is 15.9 Å². The van der Waals surface area contributed by atoms with E-state index < -0.39 is 74.9 Å². The van der Waals surface area contributed by atoms with Crippen LogP contribution >= 0.6 is 11.6 Å². The molecular formula is C17H12ClF7N2O5S. The molecule has 0 atom stereocenters. The van der Waals surface area contributed by atoms with Gasteiger partial charge in [0.15, 0.2) is 6.61 Å². The second-order valence-corrected chi connectivity index (χ2v) is 8.52. The quantitative estimate of drug-likeness (QED) is 0.527. The molecule has 1 heterocycles. The van der Waals surface area contributed by atoms with E-state index in [1.807, 2.05) is 0 Å². The van der Waals surface area contributed by atoms with Gasteiger partial charge in [-0.05, 0) is 12.1 Å². The fourth-order valence-electron chi connectivity index (χ4n) is 2.09. The molecule has 0 saturated heterocycles. The monoisotopic (exact) mass is 524 g/mol. The Morgan fingerprint density at radius 1 is 1.09 bits per heavy atom. The van der Waals surface area contributed by atoms with Gasteiger partial charge >= 0.3 is 12.1 Å². The molecule has 0 bridgehead atoms. The topological polar surface area (TPSA) is 94.6 Å². The summed E-state index contributed by atoms with van der Waals surface area (Å²) < 4.78 is 123. The van der Waals surface area contributed by atoms with Crippen molar-refractivity contribution < 1.29 is 53.4 Å². The molecule has 1 aromatic carbocycles. The molecule has 16 heteroatoms. The fourth-order valence-corrected chi connectivity index (χ4v) is 2.75. The zero-order valence-corrected chi connectivity index (χ0v) is 17.7. The predicted octanol–water partition coefficient (Wildman–Crippen LogP) is 3.86. The highest BCUT2D eigenvalue weighted by atomic mass is 35.5. The Morgan fingerprint density at radius 2 is 1.73 bits per heavy atom. The van der Waals surface area contributed by atoms with E-state index in [-0.39, 0.29) is 5.75 Å². The van der Waals surface area contributed by atoms with Crippen molar-refractivity contribution in [3.8, 4) is 11.6 Å². The summed E-state index contributed by atoms with van der Waals surface area (Å²) in [5.74, 6) is -9.92. The van der Waals surface area contributed by atoms with Crippen LogP contribution in [0.5, 0.6) is 11.6 Å². The zero-order valence-electron chi connectivity index (χ0n) is 16.1. The minimum atomic E-state index is -5.84. The standard InChI is InChI=1S/C17H12ClF7N2O5S/c1-33(29,30)27-14(28)10-4-12(19)8(2-13(10)20)6-31-9-3-11(18)15(26-5-9)32-7-16(21,22)17(23,24)25/h2-5H,6-7H2,1H3,(H,27,28). The third-order valence-electron chi connectivity index (χ3n) is 3.64. The molecular weight excluding hydrogens is 513 g/mol. The molecule has 0 aliphatic rings. The summed E-state index contributed by atoms with van der Waals surface area (Å²) in [6.45, 7) is -2.73. The van der Waals surface area contributed by atoms with Crippen molar-refractivity contribution in [3.63, 3.8) is 0 Å². The number of halogens is 8. The van der Waals surface area contributed by atoms with Crippen molar-refractivity contribution in [2.24, 2.45) is 0 Å². The van der Waals surface area contributed by atoms with Crippen LogP contribution in [0.3, 0.4) is 0 Å². The minimum absolute atomic E-state index is 0.214. The third kappa shape index (κ3) is 7.08. The van der Waals surface area contributed by atoms with E-state index >= 15 is 0 Å². The summed E-state index contributed by atoms with van der Waals surface area (Å²) in [4.78, 5) is 15.1. The number of amides is 1. The number of hydrogen-bond donors (Lipinski definition) is 1. The highest BCUT2D eigenvalue weighted by molar-refractivity contribution is 7.89. The van der Waals surface area contributed by atoms with Crippen LogP contribution in [0.15, 0.2) is 24.4 Å². The maximum Gasteiger partial charge on any atom is 0.456 e. The van der Waals surface area contributed by atoms with Crippen molar-refractivity contribution in [1.29, 1.82) is 0 Å². The molecule has 0 aliphatic heterocycles. The molecule has 0 spiro atoms. The van der Waals surface area contributed by atoms with Crippen LogP contribution < -0.4 is 14.2 Å². The number of sulfonamides is 1. The number of carbonyl (C=O) groups is 1. The molecule has 182 valence electrons. The van der Waals surface area contributed by atoms with E-state index in [0.29, 0.717) is 18.4 Å². The number of alkyl halides is 5. The lowest BCUT2D eigenvalue weighted by Gasteiger charge is -2.19. The van der Waals surface area contributed by atoms with Gasteiger partial charge in [0.25, 0.3) is 5.91 Å². The first kappa shape index (κ1) is 26.4. The highest BCUT2D eigenvalue weighted by Gasteiger charge is 2.58. The first-order valence-corrected chi connectivity index (χ1v) is 10.6. The first-order valence-electron chi connectivity index (χ1n) is 8.36. The summed E-state index contributed by atoms with van der Waals surface area (Å²) in [7, 11) is -4.03. The number of nitrogens with one attached hydrogen (secondary N) is 1. The number of carbonyl (C=O) groups excluding carboxylic acids is 1. The predicted molar refractivity (Wildman–Crippen MR) is 98.7 cm³/mol. The largest absolute Gasteiger partial charge is 0.487 e. The summed E-state index contributed by atoms with van der Waals surface area (Å²) >= 11 is 5.70. The summed E-state index contributed by atoms with van der Waals surface area (Å²) in [6.07, 6.45) is -4.39. The number of ether oxygens (including phenoxy) is 2. The van der Waals surface area contributed by atoms with Crippen LogP contribution in [0.25, 0.3) is 0 Å². The van der Waals surface area contributed by atoms with Crippen LogP contribution in [0.4, 0.5) is 30.7 Å². The zero-order chi connectivity index (χ0) is 25.2. The van der Waals surface area contributed by atoms with Gasteiger partial charge in [0.2, 0.25) is 15.9 Å². The Morgan fingerprint density at radius 3 is 2.27 bits per heavy atom. The smallest absolute Gasteiger partial charge is 0.456 e. The van der Waals surface area contributed by atoms with Crippen LogP contribution in [-0.4, -0.2) is 44.3 Å². The normalized spacial score (nSPS) is 12.4. The van der Waals surface area contributed by atoms with Gasteiger partial charge in [-0.15, -0.1) is 0 Å². The van der Waals surface area contributed by atoms with Gasteiger partial charge in [-0.1, -0.05) is 11.6 Å². The molecule has 33 heavy (non-hydrogen) atoms. The molecule has 1 amide bonds. The van der Waals surface area contributed by atoms with Gasteiger partial charge in [0.1, 0.15) is 29.0 Å². The molecule has 0 fully saturated rings. The van der Waals surface area contributed by atoms with Crippen molar-refractivity contribution in [3.05, 3.63) is 52.2 Å². The van der Waals surface area contributed by atoms with Crippen LogP contribution in [-0.2, 0) is 16.6 Å². The van der Waals surface area contributed by atoms with Gasteiger partial charge in [0.05, 0.1) is 18.0 Å². The lowest BCUT2D eigenvalue weighted by molar-refractivity contribution is -0.290. The van der Waals surface area contributed by atoms with E-state index in [1.54, 1.807) is 0 Å². The SMILES string of the molecule is CS(=O)(=O)NC(=O)c1cc(F)c(COc2cnc(OCC(F)(F)C(F)(F)F)c(Cl)c2)cc1F. The number of rotatable bonds is 8. The number of aromatic nitrogens is 1. The average Bonchev–Trinajstić information content (AvgIpc) is 2.65. The number of hydrogen-bond acceptors (Lipinski definition) is 6. The van der Waals surface area contributed by atoms with Gasteiger partial charge in [-0.25, -0.2) is 26.9 Å². The first-order chi connectivity index (χ1) is 15.0. The van der Waals surface area contributed by atoms with Gasteiger partial charge in [0, 0.05) is 11.6 Å². The molecule has 2 rings (SSSR count). The maximum absolute atomic E-state index is 14.2. The van der Waals surface area contributed by atoms with Crippen molar-refractivity contribution in [2.75, 3.05) is 12.9 Å². The van der Waals surface area contributed by atoms with Gasteiger partial charge < -0.3 is 9.47 Å². The summed E-state index contributed by atoms with van der Waals surface area (Å²) in [6, 6.07) is 1.92. The molecule has 0 aliphatic carbocycles. The van der Waals surface area contributed by atoms with E-state index in [1.165, 1.54) is 4.72 Å². The van der Waals surface area contributed by atoms with Gasteiger partial charge in [-0.2, -0.15) is 22.0 Å². The van der Waals surface area contributed by atoms with E-state index in [9.17, 15) is 43.9 Å². The molecule has 1 aromatic heterocycles. The lowest BCUT2D eigenvalue weighted by atomic mass is 10.1. The number of pyridine rings is 1. The van der Waals surface area contributed by atoms with E-state index in [2.05, 4.69) is 9.72 Å². The van der Waals surface area contributed by atoms with Crippen molar-refractivity contribution in [1.82, 2.24) is 9.71 Å². The Balaban J connectivity index is 2.09.